The van der Waals surface area contributed by atoms with Gasteiger partial charge in [0.25, 0.3) is 11.8 Å². The molecule has 2 aliphatic heterocycles. The molecule has 0 aliphatic carbocycles. The molecule has 0 saturated carbocycles. The zero-order chi connectivity index (χ0) is 23.0. The van der Waals surface area contributed by atoms with Gasteiger partial charge in [0.2, 0.25) is 0 Å². The molecular formula is C20H32N2O10. The first kappa shape index (κ1) is 26.4. The summed E-state index contributed by atoms with van der Waals surface area (Å²) in [5.74, 6) is -0.876. The molecule has 2 heterocycles. The van der Waals surface area contributed by atoms with E-state index in [2.05, 4.69) is 0 Å². The van der Waals surface area contributed by atoms with Gasteiger partial charge in [-0.3, -0.25) is 19.3 Å². The molecule has 2 aliphatic rings. The third-order valence-electron chi connectivity index (χ3n) is 4.17. The summed E-state index contributed by atoms with van der Waals surface area (Å²) in [6, 6.07) is 0. The Morgan fingerprint density at radius 2 is 0.844 bits per heavy atom. The fourth-order valence-electron chi connectivity index (χ4n) is 2.58. The number of fused-ring (bicyclic) bond motifs is 1. The zero-order valence-corrected chi connectivity index (χ0v) is 18.6. The number of rotatable bonds is 20. The topological polar surface area (TPSA) is 114 Å². The Hall–Kier alpha value is -1.90. The van der Waals surface area contributed by atoms with Crippen molar-refractivity contribution in [3.8, 4) is 0 Å². The number of hydrogen-bond acceptors (Lipinski definition) is 10. The Morgan fingerprint density at radius 1 is 0.531 bits per heavy atom. The van der Waals surface area contributed by atoms with Gasteiger partial charge >= 0.3 is 0 Å². The van der Waals surface area contributed by atoms with Crippen molar-refractivity contribution in [1.29, 1.82) is 0 Å². The SMILES string of the molecule is COCCOCCOCCON1C=C2C(=O)N(OCCOCCOCCOC)C=C2C1=O. The molecule has 0 fully saturated rings. The molecule has 2 amide bonds. The highest BCUT2D eigenvalue weighted by molar-refractivity contribution is 6.16. The van der Waals surface area contributed by atoms with Crippen LogP contribution in [0.2, 0.25) is 0 Å². The maximum Gasteiger partial charge on any atom is 0.284 e. The molecule has 0 N–H and O–H groups in total. The minimum absolute atomic E-state index is 0.155. The van der Waals surface area contributed by atoms with Crippen LogP contribution in [-0.4, -0.2) is 115 Å². The van der Waals surface area contributed by atoms with Crippen molar-refractivity contribution in [2.45, 2.75) is 0 Å². The van der Waals surface area contributed by atoms with Gasteiger partial charge in [-0.15, -0.1) is 0 Å². The molecule has 2 rings (SSSR count). The normalized spacial score (nSPS) is 15.6. The summed E-state index contributed by atoms with van der Waals surface area (Å²) in [6.07, 6.45) is 2.70. The zero-order valence-electron chi connectivity index (χ0n) is 18.6. The van der Waals surface area contributed by atoms with Crippen LogP contribution in [0.4, 0.5) is 0 Å². The largest absolute Gasteiger partial charge is 0.382 e. The number of hydroxylamine groups is 4. The predicted octanol–water partition coefficient (Wildman–Crippen LogP) is -0.339. The van der Waals surface area contributed by atoms with Crippen LogP contribution in [-0.2, 0) is 47.7 Å². The summed E-state index contributed by atoms with van der Waals surface area (Å²) >= 11 is 0. The van der Waals surface area contributed by atoms with E-state index in [-0.39, 0.29) is 37.6 Å². The van der Waals surface area contributed by atoms with Crippen molar-refractivity contribution in [2.75, 3.05) is 93.5 Å². The van der Waals surface area contributed by atoms with E-state index < -0.39 is 11.8 Å². The fourth-order valence-corrected chi connectivity index (χ4v) is 2.58. The molecule has 0 atom stereocenters. The highest BCUT2D eigenvalue weighted by atomic mass is 16.7. The van der Waals surface area contributed by atoms with Gasteiger partial charge in [0.1, 0.15) is 0 Å². The highest BCUT2D eigenvalue weighted by Crippen LogP contribution is 2.30. The van der Waals surface area contributed by atoms with E-state index in [4.69, 9.17) is 38.1 Å². The van der Waals surface area contributed by atoms with Gasteiger partial charge in [0, 0.05) is 14.2 Å². The van der Waals surface area contributed by atoms with Crippen LogP contribution in [0.5, 0.6) is 0 Å². The van der Waals surface area contributed by atoms with E-state index in [1.165, 1.54) is 12.4 Å². The lowest BCUT2D eigenvalue weighted by atomic mass is 10.2. The number of hydrogen-bond donors (Lipinski definition) is 0. The van der Waals surface area contributed by atoms with Gasteiger partial charge in [-0.1, -0.05) is 0 Å². The molecule has 0 saturated heterocycles. The maximum atomic E-state index is 12.4. The van der Waals surface area contributed by atoms with Crippen LogP contribution in [0.25, 0.3) is 0 Å². The molecule has 182 valence electrons. The molecule has 12 nitrogen and oxygen atoms in total. The molecule has 0 bridgehead atoms. The molecule has 0 spiro atoms. The molecule has 0 aromatic carbocycles. The summed E-state index contributed by atoms with van der Waals surface area (Å²) in [5.41, 5.74) is 0.435. The number of methoxy groups -OCH3 is 2. The van der Waals surface area contributed by atoms with E-state index in [9.17, 15) is 9.59 Å². The number of nitrogens with zero attached hydrogens (tertiary/aromatic N) is 2. The first-order valence-electron chi connectivity index (χ1n) is 10.3. The van der Waals surface area contributed by atoms with E-state index in [0.717, 1.165) is 10.1 Å². The minimum Gasteiger partial charge on any atom is -0.382 e. The van der Waals surface area contributed by atoms with Gasteiger partial charge in [-0.2, -0.15) is 10.1 Å². The van der Waals surface area contributed by atoms with Crippen LogP contribution < -0.4 is 0 Å². The molecule has 0 unspecified atom stereocenters. The first-order valence-corrected chi connectivity index (χ1v) is 10.3. The Balaban J connectivity index is 1.56. The van der Waals surface area contributed by atoms with Crippen LogP contribution in [0, 0.1) is 0 Å². The molecule has 32 heavy (non-hydrogen) atoms. The van der Waals surface area contributed by atoms with Crippen LogP contribution >= 0.6 is 0 Å². The maximum absolute atomic E-state index is 12.4. The van der Waals surface area contributed by atoms with Gasteiger partial charge < -0.3 is 28.4 Å². The standard InChI is InChI=1S/C20H32N2O10/c1-25-3-5-27-7-9-29-11-13-31-21-15-17-18(19(21)23)16-22(20(17)24)32-14-12-30-10-8-28-6-4-26-2/h15-16H,3-14H2,1-2H3. The number of ether oxygens (including phenoxy) is 6. The lowest BCUT2D eigenvalue weighted by molar-refractivity contribution is -0.171. The Labute approximate surface area is 187 Å². The van der Waals surface area contributed by atoms with Crippen molar-refractivity contribution in [1.82, 2.24) is 10.1 Å². The molecule has 0 aromatic heterocycles. The summed E-state index contributed by atoms with van der Waals surface area (Å²) in [5, 5.41) is 2.06. The van der Waals surface area contributed by atoms with E-state index in [0.29, 0.717) is 52.9 Å². The third kappa shape index (κ3) is 8.92. The van der Waals surface area contributed by atoms with Crippen LogP contribution in [0.15, 0.2) is 23.5 Å². The van der Waals surface area contributed by atoms with Crippen molar-refractivity contribution < 1.29 is 47.7 Å². The summed E-state index contributed by atoms with van der Waals surface area (Å²) in [4.78, 5) is 35.5. The lowest BCUT2D eigenvalue weighted by Gasteiger charge is -2.16. The van der Waals surface area contributed by atoms with Gasteiger partial charge in [-0.05, 0) is 0 Å². The number of amides is 2. The van der Waals surface area contributed by atoms with Crippen molar-refractivity contribution in [3.63, 3.8) is 0 Å². The second-order valence-electron chi connectivity index (χ2n) is 6.45. The second-order valence-corrected chi connectivity index (χ2v) is 6.45. The highest BCUT2D eigenvalue weighted by Gasteiger charge is 2.40. The predicted molar refractivity (Wildman–Crippen MR) is 109 cm³/mol. The summed E-state index contributed by atoms with van der Waals surface area (Å²) in [6.45, 7) is 4.65. The van der Waals surface area contributed by atoms with Gasteiger partial charge in [0.15, 0.2) is 0 Å². The summed E-state index contributed by atoms with van der Waals surface area (Å²) < 4.78 is 31.0. The van der Waals surface area contributed by atoms with Crippen LogP contribution in [0.1, 0.15) is 0 Å². The van der Waals surface area contributed by atoms with Crippen molar-refractivity contribution in [2.24, 2.45) is 0 Å². The molecular weight excluding hydrogens is 428 g/mol. The molecule has 0 radical (unpaired) electrons. The minimum atomic E-state index is -0.438. The average molecular weight is 460 g/mol. The molecule has 0 aromatic rings. The van der Waals surface area contributed by atoms with Crippen molar-refractivity contribution >= 4 is 11.8 Å². The number of carbonyl (C=O) groups excluding carboxylic acids is 2. The third-order valence-corrected chi connectivity index (χ3v) is 4.17. The van der Waals surface area contributed by atoms with E-state index in [1.54, 1.807) is 14.2 Å². The monoisotopic (exact) mass is 460 g/mol. The second kappa shape index (κ2) is 15.8. The van der Waals surface area contributed by atoms with Gasteiger partial charge in [0.05, 0.1) is 103 Å². The average Bonchev–Trinajstić information content (AvgIpc) is 3.27. The summed E-state index contributed by atoms with van der Waals surface area (Å²) in [7, 11) is 3.21. The Kier molecular flexibility index (Phi) is 13.0. The fraction of sp³-hybridized carbons (Fsp3) is 0.700. The van der Waals surface area contributed by atoms with E-state index >= 15 is 0 Å². The van der Waals surface area contributed by atoms with Gasteiger partial charge in [-0.25, -0.2) is 0 Å². The Bertz CT molecular complexity index is 586. The lowest BCUT2D eigenvalue weighted by Crippen LogP contribution is -2.27. The molecule has 12 heteroatoms. The number of carbonyl (C=O) groups is 2. The van der Waals surface area contributed by atoms with Crippen molar-refractivity contribution in [3.05, 3.63) is 23.5 Å². The smallest absolute Gasteiger partial charge is 0.284 e. The quantitative estimate of drug-likeness (QED) is 0.224. The Morgan fingerprint density at radius 3 is 1.19 bits per heavy atom. The van der Waals surface area contributed by atoms with Crippen LogP contribution in [0.3, 0.4) is 0 Å². The van der Waals surface area contributed by atoms with E-state index in [1.807, 2.05) is 0 Å². The first-order chi connectivity index (χ1) is 15.7.